The lowest BCUT2D eigenvalue weighted by Crippen LogP contribution is -2.62. The Bertz CT molecular complexity index is 360. The molecular weight excluding hydrogens is 216 g/mol. The fourth-order valence-corrected chi connectivity index (χ4v) is 2.80. The summed E-state index contributed by atoms with van der Waals surface area (Å²) >= 11 is 0. The van der Waals surface area contributed by atoms with Crippen molar-refractivity contribution in [2.45, 2.75) is 31.0 Å². The van der Waals surface area contributed by atoms with Gasteiger partial charge in [-0.3, -0.25) is 4.99 Å². The van der Waals surface area contributed by atoms with Crippen LogP contribution in [-0.4, -0.2) is 54.9 Å². The van der Waals surface area contributed by atoms with Crippen molar-refractivity contribution < 1.29 is 4.79 Å². The first-order valence-corrected chi connectivity index (χ1v) is 6.32. The zero-order valence-corrected chi connectivity index (χ0v) is 9.80. The summed E-state index contributed by atoms with van der Waals surface area (Å²) in [4.78, 5) is 18.5. The number of aliphatic imine (C=N–C) groups is 1. The first kappa shape index (κ1) is 10.8. The van der Waals surface area contributed by atoms with Gasteiger partial charge in [-0.05, 0) is 32.0 Å². The van der Waals surface area contributed by atoms with Crippen LogP contribution in [0.4, 0.5) is 4.79 Å². The van der Waals surface area contributed by atoms with Gasteiger partial charge in [0.2, 0.25) is 0 Å². The van der Waals surface area contributed by atoms with Crippen LogP contribution in [0.25, 0.3) is 0 Å². The number of dihydropyridines is 1. The number of nitrogens with zero attached hydrogens (tertiary/aromatic N) is 2. The second kappa shape index (κ2) is 4.49. The number of hydrogen-bond acceptors (Lipinski definition) is 3. The van der Waals surface area contributed by atoms with Crippen LogP contribution in [0.15, 0.2) is 17.1 Å². The number of urea groups is 1. The molecule has 5 heteroatoms. The predicted octanol–water partition coefficient (Wildman–Crippen LogP) is 0.141. The SMILES string of the molecule is O=C1NC2C=CC=NC2CN1C1CCNCC1. The maximum Gasteiger partial charge on any atom is 0.318 e. The average Bonchev–Trinajstić information content (AvgIpc) is 2.39. The van der Waals surface area contributed by atoms with Gasteiger partial charge in [-0.1, -0.05) is 6.08 Å². The quantitative estimate of drug-likeness (QED) is 0.678. The van der Waals surface area contributed by atoms with Crippen molar-refractivity contribution in [1.29, 1.82) is 0 Å². The molecular formula is C12H18N4O. The molecule has 3 aliphatic rings. The highest BCUT2D eigenvalue weighted by atomic mass is 16.2. The standard InChI is InChI=1S/C12H18N4O/c17-12-15-10-2-1-5-14-11(10)8-16(12)9-3-6-13-7-4-9/h1-2,5,9-11,13H,3-4,6-8H2,(H,15,17). The fourth-order valence-electron chi connectivity index (χ4n) is 2.80. The largest absolute Gasteiger partial charge is 0.330 e. The van der Waals surface area contributed by atoms with Crippen LogP contribution in [0.5, 0.6) is 0 Å². The molecule has 0 aromatic carbocycles. The molecule has 3 rings (SSSR count). The van der Waals surface area contributed by atoms with Crippen molar-refractivity contribution in [3.8, 4) is 0 Å². The smallest absolute Gasteiger partial charge is 0.318 e. The molecule has 2 unspecified atom stereocenters. The number of rotatable bonds is 1. The van der Waals surface area contributed by atoms with Crippen molar-refractivity contribution >= 4 is 12.2 Å². The minimum absolute atomic E-state index is 0.0694. The molecule has 3 aliphatic heterocycles. The summed E-state index contributed by atoms with van der Waals surface area (Å²) in [6.07, 6.45) is 7.85. The van der Waals surface area contributed by atoms with Crippen LogP contribution in [-0.2, 0) is 0 Å². The van der Waals surface area contributed by atoms with Gasteiger partial charge < -0.3 is 15.5 Å². The van der Waals surface area contributed by atoms with Gasteiger partial charge in [-0.25, -0.2) is 4.79 Å². The Morgan fingerprint density at radius 3 is 3.00 bits per heavy atom. The average molecular weight is 234 g/mol. The highest BCUT2D eigenvalue weighted by Gasteiger charge is 2.36. The van der Waals surface area contributed by atoms with Crippen LogP contribution in [0, 0.1) is 0 Å². The van der Waals surface area contributed by atoms with Crippen molar-refractivity contribution in [2.24, 2.45) is 4.99 Å². The molecule has 2 fully saturated rings. The van der Waals surface area contributed by atoms with Crippen LogP contribution in [0.3, 0.4) is 0 Å². The molecule has 0 spiro atoms. The number of amides is 2. The van der Waals surface area contributed by atoms with E-state index in [2.05, 4.69) is 15.6 Å². The van der Waals surface area contributed by atoms with E-state index in [0.717, 1.165) is 32.5 Å². The van der Waals surface area contributed by atoms with Crippen LogP contribution < -0.4 is 10.6 Å². The summed E-state index contributed by atoms with van der Waals surface area (Å²) < 4.78 is 0. The Kier molecular flexibility index (Phi) is 2.84. The maximum absolute atomic E-state index is 12.1. The number of carbonyl (C=O) groups excluding carboxylic acids is 1. The van der Waals surface area contributed by atoms with Crippen molar-refractivity contribution in [3.05, 3.63) is 12.2 Å². The highest BCUT2D eigenvalue weighted by molar-refractivity contribution is 5.79. The normalized spacial score (nSPS) is 33.4. The molecule has 2 amide bonds. The second-order valence-corrected chi connectivity index (χ2v) is 4.86. The zero-order chi connectivity index (χ0) is 11.7. The van der Waals surface area contributed by atoms with E-state index in [1.165, 1.54) is 0 Å². The van der Waals surface area contributed by atoms with Gasteiger partial charge in [0.05, 0.1) is 12.1 Å². The summed E-state index contributed by atoms with van der Waals surface area (Å²) in [5.41, 5.74) is 0. The third-order valence-electron chi connectivity index (χ3n) is 3.78. The number of allylic oxidation sites excluding steroid dienone is 1. The predicted molar refractivity (Wildman–Crippen MR) is 66.3 cm³/mol. The summed E-state index contributed by atoms with van der Waals surface area (Å²) in [7, 11) is 0. The Hall–Kier alpha value is -1.36. The number of fused-ring (bicyclic) bond motifs is 1. The molecule has 0 aromatic heterocycles. The van der Waals surface area contributed by atoms with Gasteiger partial charge in [0.1, 0.15) is 0 Å². The van der Waals surface area contributed by atoms with E-state index >= 15 is 0 Å². The van der Waals surface area contributed by atoms with E-state index in [0.29, 0.717) is 6.04 Å². The topological polar surface area (TPSA) is 56.7 Å². The minimum Gasteiger partial charge on any atom is -0.330 e. The highest BCUT2D eigenvalue weighted by Crippen LogP contribution is 2.19. The van der Waals surface area contributed by atoms with Gasteiger partial charge in [-0.15, -0.1) is 0 Å². The van der Waals surface area contributed by atoms with Crippen molar-refractivity contribution in [2.75, 3.05) is 19.6 Å². The van der Waals surface area contributed by atoms with Crippen LogP contribution >= 0.6 is 0 Å². The van der Waals surface area contributed by atoms with E-state index in [1.54, 1.807) is 0 Å². The van der Waals surface area contributed by atoms with Crippen molar-refractivity contribution in [3.63, 3.8) is 0 Å². The maximum atomic E-state index is 12.1. The Labute approximate surface area is 101 Å². The van der Waals surface area contributed by atoms with E-state index in [-0.39, 0.29) is 18.1 Å². The monoisotopic (exact) mass is 234 g/mol. The van der Waals surface area contributed by atoms with Crippen molar-refractivity contribution in [1.82, 2.24) is 15.5 Å². The van der Waals surface area contributed by atoms with Gasteiger partial charge in [0, 0.05) is 18.8 Å². The molecule has 0 saturated carbocycles. The minimum atomic E-state index is 0.0694. The molecule has 92 valence electrons. The molecule has 2 saturated heterocycles. The van der Waals surface area contributed by atoms with Gasteiger partial charge in [-0.2, -0.15) is 0 Å². The Morgan fingerprint density at radius 2 is 2.18 bits per heavy atom. The lowest BCUT2D eigenvalue weighted by Gasteiger charge is -2.42. The van der Waals surface area contributed by atoms with Gasteiger partial charge in [0.25, 0.3) is 0 Å². The number of hydrogen-bond donors (Lipinski definition) is 2. The number of piperidine rings is 1. The van der Waals surface area contributed by atoms with Gasteiger partial charge >= 0.3 is 6.03 Å². The first-order valence-electron chi connectivity index (χ1n) is 6.32. The van der Waals surface area contributed by atoms with Gasteiger partial charge in [0.15, 0.2) is 0 Å². The van der Waals surface area contributed by atoms with E-state index in [1.807, 2.05) is 23.3 Å². The zero-order valence-electron chi connectivity index (χ0n) is 9.80. The lowest BCUT2D eigenvalue weighted by molar-refractivity contribution is 0.132. The summed E-state index contributed by atoms with van der Waals surface area (Å²) in [6, 6.07) is 0.719. The molecule has 0 aliphatic carbocycles. The summed E-state index contributed by atoms with van der Waals surface area (Å²) in [5.74, 6) is 0. The fraction of sp³-hybridized carbons (Fsp3) is 0.667. The molecule has 0 radical (unpaired) electrons. The summed E-state index contributed by atoms with van der Waals surface area (Å²) in [5, 5.41) is 6.36. The first-order chi connectivity index (χ1) is 8.34. The molecule has 3 heterocycles. The van der Waals surface area contributed by atoms with E-state index < -0.39 is 0 Å². The third-order valence-corrected chi connectivity index (χ3v) is 3.78. The lowest BCUT2D eigenvalue weighted by atomic mass is 9.99. The van der Waals surface area contributed by atoms with Crippen LogP contribution in [0.1, 0.15) is 12.8 Å². The third kappa shape index (κ3) is 2.07. The molecule has 0 bridgehead atoms. The number of carbonyl (C=O) groups is 1. The second-order valence-electron chi connectivity index (χ2n) is 4.86. The Morgan fingerprint density at radius 1 is 1.35 bits per heavy atom. The molecule has 2 atom stereocenters. The molecule has 2 N–H and O–H groups in total. The van der Waals surface area contributed by atoms with E-state index in [9.17, 15) is 4.79 Å². The molecule has 0 aromatic rings. The molecule has 17 heavy (non-hydrogen) atoms. The van der Waals surface area contributed by atoms with Crippen LogP contribution in [0.2, 0.25) is 0 Å². The number of nitrogens with one attached hydrogen (secondary N) is 2. The molecule has 5 nitrogen and oxygen atoms in total. The Balaban J connectivity index is 1.71. The summed E-state index contributed by atoms with van der Waals surface area (Å²) in [6.45, 7) is 2.76. The van der Waals surface area contributed by atoms with E-state index in [4.69, 9.17) is 0 Å².